The smallest absolute Gasteiger partial charge is 0.335 e. The van der Waals surface area contributed by atoms with E-state index < -0.39 is 5.97 Å². The summed E-state index contributed by atoms with van der Waals surface area (Å²) < 4.78 is 5.95. The Bertz CT molecular complexity index is 1180. The molecule has 0 aliphatic carbocycles. The summed E-state index contributed by atoms with van der Waals surface area (Å²) in [5.74, 6) is -0.162. The Morgan fingerprint density at radius 1 is 0.900 bits per heavy atom. The Balaban J connectivity index is 1.34. The second kappa shape index (κ2) is 8.92. The van der Waals surface area contributed by atoms with Crippen LogP contribution in [-0.2, 0) is 6.61 Å². The lowest BCUT2D eigenvalue weighted by Crippen LogP contribution is -1.97. The standard InChI is InChI=1S/C25H20N2O3/c28-25(29)20-10-12-22(13-11-20)27-26-16-18-8-14-23(15-9-18)30-17-21-6-3-5-19-4-1-2-7-24(19)21/h1-16,27H,17H2,(H,28,29)/b26-16+. The largest absolute Gasteiger partial charge is 0.489 e. The third-order valence-electron chi connectivity index (χ3n) is 4.69. The maximum Gasteiger partial charge on any atom is 0.335 e. The van der Waals surface area contributed by atoms with Gasteiger partial charge >= 0.3 is 5.97 Å². The first-order valence-corrected chi connectivity index (χ1v) is 9.51. The number of carboxylic acid groups (broad SMARTS) is 1. The van der Waals surface area contributed by atoms with Gasteiger partial charge in [-0.05, 0) is 70.4 Å². The van der Waals surface area contributed by atoms with Gasteiger partial charge in [0, 0.05) is 0 Å². The molecule has 0 aliphatic rings. The molecule has 0 atom stereocenters. The predicted molar refractivity (Wildman–Crippen MR) is 119 cm³/mol. The monoisotopic (exact) mass is 396 g/mol. The van der Waals surface area contributed by atoms with Crippen molar-refractivity contribution in [3.63, 3.8) is 0 Å². The molecule has 148 valence electrons. The SMILES string of the molecule is O=C(O)c1ccc(N/N=C/c2ccc(OCc3cccc4ccccc34)cc2)cc1. The van der Waals surface area contributed by atoms with Gasteiger partial charge in [0.05, 0.1) is 17.5 Å². The molecule has 0 aromatic heterocycles. The van der Waals surface area contributed by atoms with Gasteiger partial charge in [-0.25, -0.2) is 4.79 Å². The molecule has 0 spiro atoms. The van der Waals surface area contributed by atoms with E-state index >= 15 is 0 Å². The zero-order valence-corrected chi connectivity index (χ0v) is 16.2. The van der Waals surface area contributed by atoms with Crippen LogP contribution in [0.5, 0.6) is 5.75 Å². The fourth-order valence-electron chi connectivity index (χ4n) is 3.10. The quantitative estimate of drug-likeness (QED) is 0.317. The maximum atomic E-state index is 10.9. The van der Waals surface area contributed by atoms with Gasteiger partial charge in [0.15, 0.2) is 0 Å². The number of hydrogen-bond donors (Lipinski definition) is 2. The lowest BCUT2D eigenvalue weighted by Gasteiger charge is -2.09. The van der Waals surface area contributed by atoms with Crippen molar-refractivity contribution in [3.05, 3.63) is 108 Å². The first-order valence-electron chi connectivity index (χ1n) is 9.51. The molecule has 0 fully saturated rings. The second-order valence-electron chi connectivity index (χ2n) is 6.75. The lowest BCUT2D eigenvalue weighted by molar-refractivity contribution is 0.0697. The van der Waals surface area contributed by atoms with Crippen molar-refractivity contribution in [3.8, 4) is 5.75 Å². The van der Waals surface area contributed by atoms with E-state index in [1.165, 1.54) is 22.9 Å². The number of nitrogens with one attached hydrogen (secondary N) is 1. The van der Waals surface area contributed by atoms with Crippen LogP contribution in [0.15, 0.2) is 96.1 Å². The Kier molecular flexibility index (Phi) is 5.71. The predicted octanol–water partition coefficient (Wildman–Crippen LogP) is 5.56. The first-order chi connectivity index (χ1) is 14.7. The van der Waals surface area contributed by atoms with E-state index in [-0.39, 0.29) is 5.56 Å². The molecule has 5 nitrogen and oxygen atoms in total. The number of rotatable bonds is 7. The molecule has 4 aromatic carbocycles. The number of hydrogen-bond acceptors (Lipinski definition) is 4. The zero-order chi connectivity index (χ0) is 20.8. The molecule has 0 amide bonds. The Morgan fingerprint density at radius 2 is 1.63 bits per heavy atom. The normalized spacial score (nSPS) is 10.9. The summed E-state index contributed by atoms with van der Waals surface area (Å²) in [5.41, 5.74) is 5.90. The molecule has 0 saturated carbocycles. The number of ether oxygens (including phenoxy) is 1. The van der Waals surface area contributed by atoms with Gasteiger partial charge in [-0.3, -0.25) is 5.43 Å². The van der Waals surface area contributed by atoms with Crippen LogP contribution in [-0.4, -0.2) is 17.3 Å². The van der Waals surface area contributed by atoms with Crippen LogP contribution in [0.4, 0.5) is 5.69 Å². The van der Waals surface area contributed by atoms with Crippen molar-refractivity contribution in [1.82, 2.24) is 0 Å². The topological polar surface area (TPSA) is 70.9 Å². The summed E-state index contributed by atoms with van der Waals surface area (Å²) in [6, 6.07) is 28.6. The van der Waals surface area contributed by atoms with Crippen LogP contribution in [0.25, 0.3) is 10.8 Å². The zero-order valence-electron chi connectivity index (χ0n) is 16.2. The summed E-state index contributed by atoms with van der Waals surface area (Å²) in [7, 11) is 0. The summed E-state index contributed by atoms with van der Waals surface area (Å²) in [4.78, 5) is 10.9. The molecule has 0 bridgehead atoms. The van der Waals surface area contributed by atoms with Gasteiger partial charge in [-0.15, -0.1) is 0 Å². The van der Waals surface area contributed by atoms with Crippen LogP contribution in [0, 0.1) is 0 Å². The van der Waals surface area contributed by atoms with Crippen molar-refractivity contribution in [2.24, 2.45) is 5.10 Å². The van der Waals surface area contributed by atoms with E-state index in [0.29, 0.717) is 12.3 Å². The average Bonchev–Trinajstić information content (AvgIpc) is 2.79. The fraction of sp³-hybridized carbons (Fsp3) is 0.0400. The maximum absolute atomic E-state index is 10.9. The van der Waals surface area contributed by atoms with Gasteiger partial charge < -0.3 is 9.84 Å². The van der Waals surface area contributed by atoms with Crippen molar-refractivity contribution >= 4 is 28.6 Å². The molecule has 4 aromatic rings. The van der Waals surface area contributed by atoms with E-state index in [1.807, 2.05) is 42.5 Å². The minimum atomic E-state index is -0.951. The highest BCUT2D eigenvalue weighted by atomic mass is 16.5. The summed E-state index contributed by atoms with van der Waals surface area (Å²) in [5, 5.41) is 15.5. The van der Waals surface area contributed by atoms with Crippen molar-refractivity contribution < 1.29 is 14.6 Å². The van der Waals surface area contributed by atoms with Gasteiger partial charge in [0.2, 0.25) is 0 Å². The number of aromatic carboxylic acids is 1. The third-order valence-corrected chi connectivity index (χ3v) is 4.69. The number of hydrazone groups is 1. The number of anilines is 1. The molecule has 0 aliphatic heterocycles. The second-order valence-corrected chi connectivity index (χ2v) is 6.75. The van der Waals surface area contributed by atoms with Gasteiger partial charge in [0.25, 0.3) is 0 Å². The highest BCUT2D eigenvalue weighted by Gasteiger charge is 2.02. The highest BCUT2D eigenvalue weighted by Crippen LogP contribution is 2.21. The van der Waals surface area contributed by atoms with Gasteiger partial charge in [0.1, 0.15) is 12.4 Å². The lowest BCUT2D eigenvalue weighted by atomic mass is 10.1. The van der Waals surface area contributed by atoms with Crippen LogP contribution in [0.1, 0.15) is 21.5 Å². The third kappa shape index (κ3) is 4.64. The molecule has 0 radical (unpaired) electrons. The van der Waals surface area contributed by atoms with Gasteiger partial charge in [-0.1, -0.05) is 42.5 Å². The molecule has 5 heteroatoms. The van der Waals surface area contributed by atoms with Crippen LogP contribution >= 0.6 is 0 Å². The van der Waals surface area contributed by atoms with E-state index in [9.17, 15) is 4.79 Å². The van der Waals surface area contributed by atoms with E-state index in [4.69, 9.17) is 9.84 Å². The fourth-order valence-corrected chi connectivity index (χ4v) is 3.10. The highest BCUT2D eigenvalue weighted by molar-refractivity contribution is 5.88. The van der Waals surface area contributed by atoms with Crippen LogP contribution in [0.2, 0.25) is 0 Å². The number of carbonyl (C=O) groups is 1. The molecule has 0 unspecified atom stereocenters. The molecule has 2 N–H and O–H groups in total. The first kappa shape index (κ1) is 19.2. The van der Waals surface area contributed by atoms with Crippen molar-refractivity contribution in [2.45, 2.75) is 6.61 Å². The Morgan fingerprint density at radius 3 is 2.40 bits per heavy atom. The molecular formula is C25H20N2O3. The van der Waals surface area contributed by atoms with E-state index in [0.717, 1.165) is 16.9 Å². The molecular weight excluding hydrogens is 376 g/mol. The molecule has 0 saturated heterocycles. The number of fused-ring (bicyclic) bond motifs is 1. The molecule has 4 rings (SSSR count). The molecule has 0 heterocycles. The van der Waals surface area contributed by atoms with Crippen LogP contribution in [0.3, 0.4) is 0 Å². The van der Waals surface area contributed by atoms with Gasteiger partial charge in [-0.2, -0.15) is 5.10 Å². The van der Waals surface area contributed by atoms with Crippen molar-refractivity contribution in [1.29, 1.82) is 0 Å². The number of benzene rings is 4. The molecule has 30 heavy (non-hydrogen) atoms. The van der Waals surface area contributed by atoms with E-state index in [2.05, 4.69) is 34.8 Å². The average molecular weight is 396 g/mol. The van der Waals surface area contributed by atoms with Crippen molar-refractivity contribution in [2.75, 3.05) is 5.43 Å². The van der Waals surface area contributed by atoms with E-state index in [1.54, 1.807) is 18.3 Å². The minimum absolute atomic E-state index is 0.239. The van der Waals surface area contributed by atoms with Crippen LogP contribution < -0.4 is 10.2 Å². The summed E-state index contributed by atoms with van der Waals surface area (Å²) >= 11 is 0. The summed E-state index contributed by atoms with van der Waals surface area (Å²) in [6.45, 7) is 0.503. The number of nitrogens with zero attached hydrogens (tertiary/aromatic N) is 1. The minimum Gasteiger partial charge on any atom is -0.489 e. The Hall–Kier alpha value is -4.12. The Labute approximate surface area is 174 Å². The summed E-state index contributed by atoms with van der Waals surface area (Å²) in [6.07, 6.45) is 1.69. The number of carboxylic acids is 1.